The molecule has 234 valence electrons. The van der Waals surface area contributed by atoms with Crippen molar-refractivity contribution in [1.82, 2.24) is 14.8 Å². The van der Waals surface area contributed by atoms with E-state index in [1.807, 2.05) is 36.4 Å². The zero-order valence-corrected chi connectivity index (χ0v) is 25.1. The highest BCUT2D eigenvalue weighted by Crippen LogP contribution is 2.32. The molecule has 10 heteroatoms. The van der Waals surface area contributed by atoms with Crippen molar-refractivity contribution < 1.29 is 27.6 Å². The first-order valence-corrected chi connectivity index (χ1v) is 14.4. The molecule has 1 unspecified atom stereocenters. The van der Waals surface area contributed by atoms with E-state index in [2.05, 4.69) is 10.6 Å². The van der Waals surface area contributed by atoms with Gasteiger partial charge in [0.25, 0.3) is 11.8 Å². The van der Waals surface area contributed by atoms with E-state index in [9.17, 15) is 27.6 Å². The van der Waals surface area contributed by atoms with Gasteiger partial charge in [-0.25, -0.2) is 0 Å². The number of carbonyl (C=O) groups is 3. The van der Waals surface area contributed by atoms with E-state index in [0.29, 0.717) is 28.9 Å². The van der Waals surface area contributed by atoms with Crippen molar-refractivity contribution in [1.29, 1.82) is 0 Å². The fourth-order valence-corrected chi connectivity index (χ4v) is 5.12. The molecule has 5 rings (SSSR count). The van der Waals surface area contributed by atoms with E-state index in [-0.39, 0.29) is 17.2 Å². The molecule has 0 radical (unpaired) electrons. The number of alkyl halides is 3. The van der Waals surface area contributed by atoms with Crippen LogP contribution in [0.2, 0.25) is 0 Å². The van der Waals surface area contributed by atoms with Crippen LogP contribution < -0.4 is 10.6 Å². The summed E-state index contributed by atoms with van der Waals surface area (Å²) in [4.78, 5) is 42.1. The fraction of sp³-hybridized carbons (Fsp3) is 0.139. The molecule has 0 saturated carbocycles. The van der Waals surface area contributed by atoms with Crippen molar-refractivity contribution in [3.8, 4) is 11.1 Å². The average Bonchev–Trinajstić information content (AvgIpc) is 3.43. The van der Waals surface area contributed by atoms with Gasteiger partial charge in [-0.05, 0) is 46.5 Å². The summed E-state index contributed by atoms with van der Waals surface area (Å²) in [5, 5.41) is 5.64. The minimum absolute atomic E-state index is 0.200. The van der Waals surface area contributed by atoms with Crippen LogP contribution in [0.15, 0.2) is 121 Å². The predicted molar refractivity (Wildman–Crippen MR) is 170 cm³/mol. The molecule has 0 fully saturated rings. The summed E-state index contributed by atoms with van der Waals surface area (Å²) in [6, 6.07) is 30.1. The van der Waals surface area contributed by atoms with Crippen LogP contribution >= 0.6 is 0 Å². The zero-order chi connectivity index (χ0) is 32.8. The van der Waals surface area contributed by atoms with Crippen LogP contribution in [0, 0.1) is 0 Å². The lowest BCUT2D eigenvalue weighted by Gasteiger charge is -2.25. The molecular formula is C36H31F3N4O3. The average molecular weight is 625 g/mol. The number of hydrogen-bond acceptors (Lipinski definition) is 3. The summed E-state index contributed by atoms with van der Waals surface area (Å²) in [6.07, 6.45) is -2.91. The summed E-state index contributed by atoms with van der Waals surface area (Å²) in [6.45, 7) is 0.354. The number of halogens is 3. The number of nitrogens with zero attached hydrogens (tertiary/aromatic N) is 2. The van der Waals surface area contributed by atoms with Crippen LogP contribution in [-0.2, 0) is 24.6 Å². The van der Waals surface area contributed by atoms with E-state index >= 15 is 0 Å². The Morgan fingerprint density at radius 3 is 2.07 bits per heavy atom. The van der Waals surface area contributed by atoms with Gasteiger partial charge in [0.15, 0.2) is 0 Å². The molecule has 0 spiro atoms. The first-order valence-electron chi connectivity index (χ1n) is 14.4. The Labute approximate surface area is 264 Å². The zero-order valence-electron chi connectivity index (χ0n) is 25.1. The number of carbonyl (C=O) groups excluding carboxylic acids is 3. The third kappa shape index (κ3) is 7.35. The highest BCUT2D eigenvalue weighted by atomic mass is 19.4. The maximum absolute atomic E-state index is 13.6. The Morgan fingerprint density at radius 2 is 1.41 bits per heavy atom. The lowest BCUT2D eigenvalue weighted by Crippen LogP contribution is -2.41. The van der Waals surface area contributed by atoms with Gasteiger partial charge in [0.1, 0.15) is 11.7 Å². The smallest absolute Gasteiger partial charge is 0.344 e. The third-order valence-corrected chi connectivity index (χ3v) is 7.48. The number of aryl methyl sites for hydroxylation is 1. The van der Waals surface area contributed by atoms with Gasteiger partial charge < -0.3 is 20.1 Å². The van der Waals surface area contributed by atoms with Crippen LogP contribution in [0.1, 0.15) is 43.6 Å². The fourth-order valence-electron chi connectivity index (χ4n) is 5.12. The van der Waals surface area contributed by atoms with Crippen molar-refractivity contribution in [3.05, 3.63) is 149 Å². The van der Waals surface area contributed by atoms with E-state index in [1.165, 1.54) is 22.8 Å². The quantitative estimate of drug-likeness (QED) is 0.184. The van der Waals surface area contributed by atoms with Crippen LogP contribution in [0.5, 0.6) is 0 Å². The second kappa shape index (κ2) is 13.6. The number of aromatic nitrogens is 1. The van der Waals surface area contributed by atoms with E-state index in [4.69, 9.17) is 0 Å². The molecule has 46 heavy (non-hydrogen) atoms. The van der Waals surface area contributed by atoms with Gasteiger partial charge in [0.05, 0.1) is 11.3 Å². The molecule has 2 N–H and O–H groups in total. The Hall–Kier alpha value is -5.64. The van der Waals surface area contributed by atoms with E-state index in [1.54, 1.807) is 73.7 Å². The van der Waals surface area contributed by atoms with Gasteiger partial charge in [-0.3, -0.25) is 14.4 Å². The van der Waals surface area contributed by atoms with Crippen molar-refractivity contribution >= 4 is 23.4 Å². The Kier molecular flexibility index (Phi) is 9.37. The number of likely N-dealkylation sites (N-methyl/N-ethyl adjacent to an activating group) is 1. The minimum atomic E-state index is -4.47. The molecule has 1 aromatic heterocycles. The van der Waals surface area contributed by atoms with Crippen molar-refractivity contribution in [3.63, 3.8) is 0 Å². The molecule has 7 nitrogen and oxygen atoms in total. The SMILES string of the molecule is CN(Cc1ccccc1)C(=O)C(NC(=O)c1cc(NC(=O)c2ccccc2-c2ccc(C(F)(F)F)cc2)cn1C)c1ccccc1. The summed E-state index contributed by atoms with van der Waals surface area (Å²) >= 11 is 0. The third-order valence-electron chi connectivity index (χ3n) is 7.48. The second-order valence-corrected chi connectivity index (χ2v) is 10.8. The molecule has 0 aliphatic carbocycles. The summed E-state index contributed by atoms with van der Waals surface area (Å²) < 4.78 is 40.7. The lowest BCUT2D eigenvalue weighted by atomic mass is 9.98. The molecule has 4 aromatic carbocycles. The molecule has 1 heterocycles. The number of rotatable bonds is 9. The Bertz CT molecular complexity index is 1840. The van der Waals surface area contributed by atoms with Crippen LogP contribution in [0.4, 0.5) is 18.9 Å². The number of nitrogens with one attached hydrogen (secondary N) is 2. The van der Waals surface area contributed by atoms with Crippen molar-refractivity contribution in [2.24, 2.45) is 7.05 Å². The predicted octanol–water partition coefficient (Wildman–Crippen LogP) is 7.09. The molecular weight excluding hydrogens is 593 g/mol. The van der Waals surface area contributed by atoms with Crippen molar-refractivity contribution in [2.75, 3.05) is 12.4 Å². The van der Waals surface area contributed by atoms with Crippen molar-refractivity contribution in [2.45, 2.75) is 18.8 Å². The summed E-state index contributed by atoms with van der Waals surface area (Å²) in [7, 11) is 3.32. The topological polar surface area (TPSA) is 83.4 Å². The highest BCUT2D eigenvalue weighted by Gasteiger charge is 2.30. The van der Waals surface area contributed by atoms with Gasteiger partial charge in [-0.15, -0.1) is 0 Å². The number of amides is 3. The van der Waals surface area contributed by atoms with E-state index in [0.717, 1.165) is 17.7 Å². The first kappa shape index (κ1) is 31.8. The molecule has 3 amide bonds. The molecule has 1 atom stereocenters. The van der Waals surface area contributed by atoms with Gasteiger partial charge in [-0.1, -0.05) is 91.0 Å². The monoisotopic (exact) mass is 624 g/mol. The molecule has 0 bridgehead atoms. The largest absolute Gasteiger partial charge is 0.416 e. The maximum Gasteiger partial charge on any atom is 0.416 e. The summed E-state index contributed by atoms with van der Waals surface area (Å²) in [5.41, 5.74) is 2.44. The lowest BCUT2D eigenvalue weighted by molar-refractivity contribution is -0.137. The first-order chi connectivity index (χ1) is 22.0. The van der Waals surface area contributed by atoms with Gasteiger partial charge in [-0.2, -0.15) is 13.2 Å². The van der Waals surface area contributed by atoms with Crippen LogP contribution in [0.25, 0.3) is 11.1 Å². The maximum atomic E-state index is 13.6. The Balaban J connectivity index is 1.34. The second-order valence-electron chi connectivity index (χ2n) is 10.8. The number of anilines is 1. The van der Waals surface area contributed by atoms with Gasteiger partial charge >= 0.3 is 6.18 Å². The minimum Gasteiger partial charge on any atom is -0.344 e. The molecule has 5 aromatic rings. The molecule has 0 aliphatic rings. The van der Waals surface area contributed by atoms with Gasteiger partial charge in [0, 0.05) is 32.4 Å². The summed E-state index contributed by atoms with van der Waals surface area (Å²) in [5.74, 6) is -1.33. The molecule has 0 aliphatic heterocycles. The van der Waals surface area contributed by atoms with E-state index < -0.39 is 29.6 Å². The normalized spacial score (nSPS) is 11.8. The number of benzene rings is 4. The standard InChI is InChI=1S/C36H31F3N4O3/c1-42-23-28(40-33(44)30-16-10-9-15-29(30)25-17-19-27(20-18-25)36(37,38)39)21-31(42)34(45)41-32(26-13-7-4-8-14-26)35(46)43(2)22-24-11-5-3-6-12-24/h3-21,23,32H,22H2,1-2H3,(H,40,44)(H,41,45). The molecule has 0 saturated heterocycles. The highest BCUT2D eigenvalue weighted by molar-refractivity contribution is 6.09. The van der Waals surface area contributed by atoms with Crippen LogP contribution in [-0.4, -0.2) is 34.2 Å². The van der Waals surface area contributed by atoms with Gasteiger partial charge in [0.2, 0.25) is 5.91 Å². The Morgan fingerprint density at radius 1 is 0.804 bits per heavy atom. The van der Waals surface area contributed by atoms with Crippen LogP contribution in [0.3, 0.4) is 0 Å². The number of hydrogen-bond donors (Lipinski definition) is 2.